The number of benzene rings is 1. The van der Waals surface area contributed by atoms with E-state index in [1.807, 2.05) is 13.0 Å². The Labute approximate surface area is 84.7 Å². The number of aryl methyl sites for hydroxylation is 1. The Kier molecular flexibility index (Phi) is 2.33. The van der Waals surface area contributed by atoms with Gasteiger partial charge in [-0.2, -0.15) is 0 Å². The maximum Gasteiger partial charge on any atom is 0.0614 e. The summed E-state index contributed by atoms with van der Waals surface area (Å²) in [5.74, 6) is 0.309. The molecule has 3 N–H and O–H groups in total. The van der Waals surface area contributed by atoms with Gasteiger partial charge in [0.05, 0.1) is 6.61 Å². The van der Waals surface area contributed by atoms with E-state index in [0.717, 1.165) is 12.8 Å². The number of fused-ring (bicyclic) bond motifs is 1. The average Bonchev–Trinajstić information content (AvgIpc) is 2.61. The SMILES string of the molecule is CC(N)(CO)C1CCc2ccccc21. The number of nitrogens with two attached hydrogens (primary N) is 1. The molecular formula is C12H17NO. The molecule has 0 fully saturated rings. The molecule has 1 aromatic carbocycles. The normalized spacial score (nSPS) is 24.4. The van der Waals surface area contributed by atoms with E-state index in [0.29, 0.717) is 5.92 Å². The van der Waals surface area contributed by atoms with Crippen molar-refractivity contribution in [1.82, 2.24) is 0 Å². The Bertz CT molecular complexity index is 333. The number of hydrogen-bond acceptors (Lipinski definition) is 2. The fourth-order valence-corrected chi connectivity index (χ4v) is 2.35. The minimum Gasteiger partial charge on any atom is -0.394 e. The van der Waals surface area contributed by atoms with E-state index < -0.39 is 5.54 Å². The molecule has 1 aliphatic carbocycles. The van der Waals surface area contributed by atoms with E-state index in [-0.39, 0.29) is 6.61 Å². The van der Waals surface area contributed by atoms with Crippen LogP contribution in [0.4, 0.5) is 0 Å². The Morgan fingerprint density at radius 1 is 1.50 bits per heavy atom. The highest BCUT2D eigenvalue weighted by atomic mass is 16.3. The second kappa shape index (κ2) is 3.37. The largest absolute Gasteiger partial charge is 0.394 e. The Morgan fingerprint density at radius 3 is 2.93 bits per heavy atom. The molecule has 2 heteroatoms. The smallest absolute Gasteiger partial charge is 0.0614 e. The second-order valence-corrected chi connectivity index (χ2v) is 4.45. The summed E-state index contributed by atoms with van der Waals surface area (Å²) >= 11 is 0. The van der Waals surface area contributed by atoms with Crippen molar-refractivity contribution in [2.75, 3.05) is 6.61 Å². The highest BCUT2D eigenvalue weighted by Gasteiger charge is 2.35. The maximum atomic E-state index is 9.26. The minimum atomic E-state index is -0.480. The average molecular weight is 191 g/mol. The van der Waals surface area contributed by atoms with Crippen LogP contribution in [-0.2, 0) is 6.42 Å². The van der Waals surface area contributed by atoms with E-state index in [2.05, 4.69) is 18.2 Å². The zero-order chi connectivity index (χ0) is 10.2. The summed E-state index contributed by atoms with van der Waals surface area (Å²) < 4.78 is 0. The van der Waals surface area contributed by atoms with E-state index in [1.54, 1.807) is 0 Å². The van der Waals surface area contributed by atoms with Crippen LogP contribution in [0.25, 0.3) is 0 Å². The molecule has 2 nitrogen and oxygen atoms in total. The van der Waals surface area contributed by atoms with Crippen molar-refractivity contribution < 1.29 is 5.11 Å². The third-order valence-corrected chi connectivity index (χ3v) is 3.27. The summed E-state index contributed by atoms with van der Waals surface area (Å²) in [6, 6.07) is 8.40. The van der Waals surface area contributed by atoms with E-state index in [1.165, 1.54) is 11.1 Å². The van der Waals surface area contributed by atoms with Crippen molar-refractivity contribution >= 4 is 0 Å². The number of rotatable bonds is 2. The van der Waals surface area contributed by atoms with Gasteiger partial charge in [0, 0.05) is 11.5 Å². The van der Waals surface area contributed by atoms with Crippen LogP contribution >= 0.6 is 0 Å². The van der Waals surface area contributed by atoms with E-state index in [4.69, 9.17) is 5.73 Å². The molecule has 0 aromatic heterocycles. The molecule has 0 amide bonds. The standard InChI is InChI=1S/C12H17NO/c1-12(13,8-14)11-7-6-9-4-2-3-5-10(9)11/h2-5,11,14H,6-8,13H2,1H3. The molecule has 76 valence electrons. The van der Waals surface area contributed by atoms with Crippen molar-refractivity contribution in [3.8, 4) is 0 Å². The highest BCUT2D eigenvalue weighted by molar-refractivity contribution is 5.37. The van der Waals surface area contributed by atoms with E-state index >= 15 is 0 Å². The summed E-state index contributed by atoms with van der Waals surface area (Å²) in [5, 5.41) is 9.26. The summed E-state index contributed by atoms with van der Waals surface area (Å²) in [5.41, 5.74) is 8.32. The molecule has 0 radical (unpaired) electrons. The molecule has 1 aliphatic rings. The van der Waals surface area contributed by atoms with Crippen molar-refractivity contribution in [2.24, 2.45) is 5.73 Å². The zero-order valence-corrected chi connectivity index (χ0v) is 8.53. The quantitative estimate of drug-likeness (QED) is 0.742. The molecule has 0 saturated carbocycles. The van der Waals surface area contributed by atoms with Gasteiger partial charge in [0.1, 0.15) is 0 Å². The van der Waals surface area contributed by atoms with Crippen LogP contribution in [0.15, 0.2) is 24.3 Å². The van der Waals surface area contributed by atoms with Gasteiger partial charge in [-0.1, -0.05) is 24.3 Å². The van der Waals surface area contributed by atoms with E-state index in [9.17, 15) is 5.11 Å². The first kappa shape index (κ1) is 9.69. The van der Waals surface area contributed by atoms with Crippen LogP contribution < -0.4 is 5.73 Å². The number of hydrogen-bond donors (Lipinski definition) is 2. The van der Waals surface area contributed by atoms with Gasteiger partial charge in [-0.05, 0) is 30.9 Å². The van der Waals surface area contributed by atoms with Gasteiger partial charge in [0.2, 0.25) is 0 Å². The maximum absolute atomic E-state index is 9.26. The summed E-state index contributed by atoms with van der Waals surface area (Å²) in [6.07, 6.45) is 2.15. The molecule has 0 spiro atoms. The first-order valence-electron chi connectivity index (χ1n) is 5.12. The zero-order valence-electron chi connectivity index (χ0n) is 8.53. The van der Waals surface area contributed by atoms with Gasteiger partial charge in [-0.3, -0.25) is 0 Å². The van der Waals surface area contributed by atoms with Gasteiger partial charge < -0.3 is 10.8 Å². The van der Waals surface area contributed by atoms with Crippen molar-refractivity contribution in [3.05, 3.63) is 35.4 Å². The second-order valence-electron chi connectivity index (χ2n) is 4.45. The summed E-state index contributed by atoms with van der Waals surface area (Å²) in [4.78, 5) is 0. The first-order valence-corrected chi connectivity index (χ1v) is 5.12. The lowest BCUT2D eigenvalue weighted by atomic mass is 9.83. The lowest BCUT2D eigenvalue weighted by Crippen LogP contribution is -2.45. The number of aliphatic hydroxyl groups excluding tert-OH is 1. The molecule has 2 atom stereocenters. The molecule has 0 heterocycles. The van der Waals surface area contributed by atoms with Crippen LogP contribution in [0.3, 0.4) is 0 Å². The molecule has 1 aromatic rings. The predicted octanol–water partition coefficient (Wildman–Crippen LogP) is 1.43. The summed E-state index contributed by atoms with van der Waals surface area (Å²) in [7, 11) is 0. The predicted molar refractivity (Wildman–Crippen MR) is 57.2 cm³/mol. The lowest BCUT2D eigenvalue weighted by Gasteiger charge is -2.30. The molecule has 0 bridgehead atoms. The highest BCUT2D eigenvalue weighted by Crippen LogP contribution is 2.38. The minimum absolute atomic E-state index is 0.0476. The number of aliphatic hydroxyl groups is 1. The van der Waals surface area contributed by atoms with Crippen LogP contribution in [-0.4, -0.2) is 17.3 Å². The first-order chi connectivity index (χ1) is 6.65. The van der Waals surface area contributed by atoms with Crippen molar-refractivity contribution in [1.29, 1.82) is 0 Å². The fourth-order valence-electron chi connectivity index (χ4n) is 2.35. The fraction of sp³-hybridized carbons (Fsp3) is 0.500. The van der Waals surface area contributed by atoms with Crippen molar-refractivity contribution in [2.45, 2.75) is 31.2 Å². The van der Waals surface area contributed by atoms with Gasteiger partial charge >= 0.3 is 0 Å². The molecule has 2 unspecified atom stereocenters. The Balaban J connectivity index is 2.35. The molecule has 2 rings (SSSR count). The molecule has 14 heavy (non-hydrogen) atoms. The van der Waals surface area contributed by atoms with Crippen LogP contribution in [0.2, 0.25) is 0 Å². The van der Waals surface area contributed by atoms with Crippen LogP contribution in [0, 0.1) is 0 Å². The Morgan fingerprint density at radius 2 is 2.21 bits per heavy atom. The van der Waals surface area contributed by atoms with Gasteiger partial charge in [0.25, 0.3) is 0 Å². The third-order valence-electron chi connectivity index (χ3n) is 3.27. The monoisotopic (exact) mass is 191 g/mol. The van der Waals surface area contributed by atoms with Gasteiger partial charge in [-0.15, -0.1) is 0 Å². The van der Waals surface area contributed by atoms with Crippen LogP contribution in [0.1, 0.15) is 30.4 Å². The summed E-state index contributed by atoms with van der Waals surface area (Å²) in [6.45, 7) is 1.98. The molecule has 0 saturated heterocycles. The van der Waals surface area contributed by atoms with Gasteiger partial charge in [0.15, 0.2) is 0 Å². The van der Waals surface area contributed by atoms with Crippen molar-refractivity contribution in [3.63, 3.8) is 0 Å². The van der Waals surface area contributed by atoms with Crippen LogP contribution in [0.5, 0.6) is 0 Å². The molecular weight excluding hydrogens is 174 g/mol. The molecule has 0 aliphatic heterocycles. The van der Waals surface area contributed by atoms with Gasteiger partial charge in [-0.25, -0.2) is 0 Å². The topological polar surface area (TPSA) is 46.2 Å². The third kappa shape index (κ3) is 1.45. The Hall–Kier alpha value is -0.860. The lowest BCUT2D eigenvalue weighted by molar-refractivity contribution is 0.183.